The van der Waals surface area contributed by atoms with Crippen LogP contribution in [0.3, 0.4) is 0 Å². The van der Waals surface area contributed by atoms with Gasteiger partial charge in [-0.3, -0.25) is 14.4 Å². The van der Waals surface area contributed by atoms with Crippen molar-refractivity contribution in [1.82, 2.24) is 0 Å². The van der Waals surface area contributed by atoms with Crippen LogP contribution < -0.4 is 0 Å². The lowest BCUT2D eigenvalue weighted by atomic mass is 9.71. The molecule has 1 atom stereocenters. The number of methoxy groups -OCH3 is 2. The summed E-state index contributed by atoms with van der Waals surface area (Å²) in [5.74, 6) is -1.63. The number of hydrogen-bond donors (Lipinski definition) is 0. The average Bonchev–Trinajstić information content (AvgIpc) is 2.81. The fraction of sp³-hybridized carbons (Fsp3) is 0.615. The first-order chi connectivity index (χ1) is 8.52. The Bertz CT molecular complexity index is 356. The van der Waals surface area contributed by atoms with Crippen molar-refractivity contribution in [2.75, 3.05) is 14.2 Å². The van der Waals surface area contributed by atoms with Gasteiger partial charge in [-0.25, -0.2) is 0 Å². The largest absolute Gasteiger partial charge is 0.468 e. The van der Waals surface area contributed by atoms with E-state index in [4.69, 9.17) is 9.47 Å². The Morgan fingerprint density at radius 1 is 1.39 bits per heavy atom. The van der Waals surface area contributed by atoms with Crippen LogP contribution in [0, 0.1) is 11.3 Å². The predicted octanol–water partition coefficient (Wildman–Crippen LogP) is 1.26. The molecule has 0 spiro atoms. The Labute approximate surface area is 106 Å². The number of esters is 2. The highest BCUT2D eigenvalue weighted by molar-refractivity contribution is 6.01. The van der Waals surface area contributed by atoms with Gasteiger partial charge in [0.25, 0.3) is 0 Å². The van der Waals surface area contributed by atoms with Crippen molar-refractivity contribution in [3.63, 3.8) is 0 Å². The van der Waals surface area contributed by atoms with Crippen molar-refractivity contribution in [2.45, 2.75) is 25.7 Å². The Morgan fingerprint density at radius 3 is 2.28 bits per heavy atom. The first-order valence-corrected chi connectivity index (χ1v) is 5.82. The minimum Gasteiger partial charge on any atom is -0.468 e. The molecule has 0 bridgehead atoms. The molecule has 100 valence electrons. The van der Waals surface area contributed by atoms with E-state index in [0.29, 0.717) is 12.8 Å². The van der Waals surface area contributed by atoms with Gasteiger partial charge in [0.15, 0.2) is 5.41 Å². The van der Waals surface area contributed by atoms with Gasteiger partial charge in [-0.15, -0.1) is 6.58 Å². The maximum atomic E-state index is 12.0. The zero-order valence-corrected chi connectivity index (χ0v) is 10.7. The van der Waals surface area contributed by atoms with E-state index in [0.717, 1.165) is 0 Å². The van der Waals surface area contributed by atoms with Crippen molar-refractivity contribution in [3.05, 3.63) is 12.7 Å². The van der Waals surface area contributed by atoms with Crippen LogP contribution in [0.1, 0.15) is 25.7 Å². The molecule has 0 aliphatic heterocycles. The molecule has 0 aromatic heterocycles. The van der Waals surface area contributed by atoms with Crippen LogP contribution in [-0.2, 0) is 23.9 Å². The summed E-state index contributed by atoms with van der Waals surface area (Å²) in [5.41, 5.74) is -1.43. The van der Waals surface area contributed by atoms with Crippen LogP contribution in [0.5, 0.6) is 0 Å². The van der Waals surface area contributed by atoms with Crippen molar-refractivity contribution >= 4 is 17.7 Å². The van der Waals surface area contributed by atoms with Gasteiger partial charge in [0, 0.05) is 12.8 Å². The van der Waals surface area contributed by atoms with E-state index < -0.39 is 17.4 Å². The third-order valence-corrected chi connectivity index (χ3v) is 3.51. The molecule has 1 rings (SSSR count). The molecule has 0 saturated heterocycles. The van der Waals surface area contributed by atoms with Crippen molar-refractivity contribution in [2.24, 2.45) is 11.3 Å². The summed E-state index contributed by atoms with van der Waals surface area (Å²) in [7, 11) is 2.44. The van der Waals surface area contributed by atoms with E-state index in [1.54, 1.807) is 0 Å². The molecule has 0 amide bonds. The molecule has 5 nitrogen and oxygen atoms in total. The number of allylic oxidation sites excluding steroid dienone is 1. The predicted molar refractivity (Wildman–Crippen MR) is 63.6 cm³/mol. The lowest BCUT2D eigenvalue weighted by Crippen LogP contribution is -2.46. The van der Waals surface area contributed by atoms with Crippen LogP contribution in [-0.4, -0.2) is 31.9 Å². The Kier molecular flexibility index (Phi) is 4.64. The van der Waals surface area contributed by atoms with Crippen LogP contribution in [0.4, 0.5) is 0 Å². The summed E-state index contributed by atoms with van der Waals surface area (Å²) in [6.45, 7) is 3.57. The standard InChI is InChI=1S/C13H18O5/c1-4-7-13(11(15)17-2,12(16)18-3)9-5-6-10(14)8-9/h4,9H,1,5-8H2,2-3H3. The van der Waals surface area contributed by atoms with Crippen molar-refractivity contribution in [1.29, 1.82) is 0 Å². The van der Waals surface area contributed by atoms with Crippen molar-refractivity contribution < 1.29 is 23.9 Å². The molecule has 0 N–H and O–H groups in total. The van der Waals surface area contributed by atoms with Gasteiger partial charge in [-0.2, -0.15) is 0 Å². The highest BCUT2D eigenvalue weighted by Crippen LogP contribution is 2.43. The summed E-state index contributed by atoms with van der Waals surface area (Å²) in [4.78, 5) is 35.5. The normalized spacial score (nSPS) is 19.4. The first-order valence-electron chi connectivity index (χ1n) is 5.82. The summed E-state index contributed by atoms with van der Waals surface area (Å²) < 4.78 is 9.48. The van der Waals surface area contributed by atoms with Crippen LogP contribution in [0.15, 0.2) is 12.7 Å². The van der Waals surface area contributed by atoms with Crippen LogP contribution in [0.2, 0.25) is 0 Å². The second-order valence-corrected chi connectivity index (χ2v) is 4.43. The van der Waals surface area contributed by atoms with E-state index in [1.165, 1.54) is 20.3 Å². The topological polar surface area (TPSA) is 69.7 Å². The van der Waals surface area contributed by atoms with Crippen LogP contribution >= 0.6 is 0 Å². The van der Waals surface area contributed by atoms with Gasteiger partial charge in [-0.1, -0.05) is 6.08 Å². The lowest BCUT2D eigenvalue weighted by Gasteiger charge is -2.32. The second-order valence-electron chi connectivity index (χ2n) is 4.43. The molecule has 1 fully saturated rings. The molecule has 5 heteroatoms. The smallest absolute Gasteiger partial charge is 0.323 e. The molecule has 0 radical (unpaired) electrons. The Balaban J connectivity index is 3.18. The van der Waals surface area contributed by atoms with Gasteiger partial charge in [0.05, 0.1) is 14.2 Å². The molecular weight excluding hydrogens is 236 g/mol. The zero-order valence-electron chi connectivity index (χ0n) is 10.7. The number of carbonyl (C=O) groups excluding carboxylic acids is 3. The molecule has 18 heavy (non-hydrogen) atoms. The van der Waals surface area contributed by atoms with Gasteiger partial charge >= 0.3 is 11.9 Å². The number of rotatable bonds is 5. The summed E-state index contributed by atoms with van der Waals surface area (Å²) >= 11 is 0. The fourth-order valence-electron chi connectivity index (χ4n) is 2.58. The van der Waals surface area contributed by atoms with Gasteiger partial charge in [0.2, 0.25) is 0 Å². The monoisotopic (exact) mass is 254 g/mol. The van der Waals surface area contributed by atoms with E-state index in [9.17, 15) is 14.4 Å². The highest BCUT2D eigenvalue weighted by atomic mass is 16.5. The van der Waals surface area contributed by atoms with Gasteiger partial charge in [0.1, 0.15) is 5.78 Å². The number of Topliss-reactive ketones (excluding diaryl/α,β-unsaturated/α-hetero) is 1. The summed E-state index contributed by atoms with van der Waals surface area (Å²) in [6.07, 6.45) is 2.69. The Morgan fingerprint density at radius 2 is 1.94 bits per heavy atom. The molecule has 1 saturated carbocycles. The molecule has 0 aromatic carbocycles. The summed E-state index contributed by atoms with van der Waals surface area (Å²) in [5, 5.41) is 0. The fourth-order valence-corrected chi connectivity index (χ4v) is 2.58. The number of ketones is 1. The van der Waals surface area contributed by atoms with Gasteiger partial charge in [-0.05, 0) is 18.8 Å². The quantitative estimate of drug-likeness (QED) is 0.420. The maximum Gasteiger partial charge on any atom is 0.323 e. The highest BCUT2D eigenvalue weighted by Gasteiger charge is 2.55. The number of hydrogen-bond acceptors (Lipinski definition) is 5. The minimum atomic E-state index is -1.43. The molecule has 1 aliphatic rings. The maximum absolute atomic E-state index is 12.0. The molecule has 1 aliphatic carbocycles. The third-order valence-electron chi connectivity index (χ3n) is 3.51. The van der Waals surface area contributed by atoms with Gasteiger partial charge < -0.3 is 9.47 Å². The van der Waals surface area contributed by atoms with Crippen molar-refractivity contribution in [3.8, 4) is 0 Å². The molecule has 0 heterocycles. The number of ether oxygens (including phenoxy) is 2. The average molecular weight is 254 g/mol. The number of carbonyl (C=O) groups is 3. The molecular formula is C13H18O5. The van der Waals surface area contributed by atoms with E-state index in [2.05, 4.69) is 6.58 Å². The van der Waals surface area contributed by atoms with E-state index >= 15 is 0 Å². The lowest BCUT2D eigenvalue weighted by molar-refractivity contribution is -0.173. The molecule has 0 aromatic rings. The SMILES string of the molecule is C=CCC(C(=O)OC)(C(=O)OC)C1CCC(=O)C1. The summed E-state index contributed by atoms with van der Waals surface area (Å²) in [6, 6.07) is 0. The van der Waals surface area contributed by atoms with E-state index in [-0.39, 0.29) is 24.5 Å². The second kappa shape index (κ2) is 5.80. The third kappa shape index (κ3) is 2.30. The first kappa shape index (κ1) is 14.4. The Hall–Kier alpha value is -1.65. The minimum absolute atomic E-state index is 0.0567. The van der Waals surface area contributed by atoms with E-state index in [1.807, 2.05) is 0 Å². The molecule has 1 unspecified atom stereocenters. The van der Waals surface area contributed by atoms with Crippen LogP contribution in [0.25, 0.3) is 0 Å². The zero-order chi connectivity index (χ0) is 13.8.